The summed E-state index contributed by atoms with van der Waals surface area (Å²) < 4.78 is 1.83. The van der Waals surface area contributed by atoms with Crippen molar-refractivity contribution in [2.45, 2.75) is 20.4 Å². The van der Waals surface area contributed by atoms with E-state index in [4.69, 9.17) is 0 Å². The van der Waals surface area contributed by atoms with Crippen LogP contribution in [0.3, 0.4) is 0 Å². The van der Waals surface area contributed by atoms with Crippen molar-refractivity contribution in [1.82, 2.24) is 25.0 Å². The lowest BCUT2D eigenvalue weighted by Gasteiger charge is -2.19. The molecule has 0 radical (unpaired) electrons. The van der Waals surface area contributed by atoms with Gasteiger partial charge in [-0.25, -0.2) is 4.98 Å². The van der Waals surface area contributed by atoms with Crippen LogP contribution in [0.25, 0.3) is 0 Å². The van der Waals surface area contributed by atoms with E-state index in [1.807, 2.05) is 11.7 Å². The summed E-state index contributed by atoms with van der Waals surface area (Å²) >= 11 is 0. The van der Waals surface area contributed by atoms with Gasteiger partial charge in [-0.15, -0.1) is 0 Å². The second-order valence-electron chi connectivity index (χ2n) is 3.52. The molecule has 0 bridgehead atoms. The second kappa shape index (κ2) is 6.53. The number of aromatic nitrogens is 3. The fourth-order valence-corrected chi connectivity index (χ4v) is 1.43. The molecule has 15 heavy (non-hydrogen) atoms. The minimum atomic E-state index is 0.873. The molecule has 0 aliphatic rings. The number of nitrogens with zero attached hydrogens (tertiary/aromatic N) is 4. The Kier molecular flexibility index (Phi) is 5.28. The Morgan fingerprint density at radius 2 is 2.27 bits per heavy atom. The molecule has 86 valence electrons. The Bertz CT molecular complexity index is 271. The highest BCUT2D eigenvalue weighted by Crippen LogP contribution is 1.98. The molecule has 5 heteroatoms. The van der Waals surface area contributed by atoms with E-state index in [1.54, 1.807) is 6.33 Å². The molecule has 0 spiro atoms. The number of likely N-dealkylation sites (N-methyl/N-ethyl adjacent to an activating group) is 2. The smallest absolute Gasteiger partial charge is 0.140 e. The number of hydrogen-bond donors (Lipinski definition) is 1. The zero-order chi connectivity index (χ0) is 11.1. The quantitative estimate of drug-likeness (QED) is 0.657. The van der Waals surface area contributed by atoms with Crippen molar-refractivity contribution in [3.8, 4) is 0 Å². The standard InChI is InChI=1S/C10H21N5/c1-4-11-6-7-15(5-2)8-10-12-9-13-14(10)3/h9,11H,4-8H2,1-3H3. The van der Waals surface area contributed by atoms with Gasteiger partial charge < -0.3 is 5.32 Å². The molecule has 5 nitrogen and oxygen atoms in total. The second-order valence-corrected chi connectivity index (χ2v) is 3.52. The van der Waals surface area contributed by atoms with Crippen LogP contribution in [0, 0.1) is 0 Å². The zero-order valence-electron chi connectivity index (χ0n) is 9.90. The van der Waals surface area contributed by atoms with Crippen molar-refractivity contribution < 1.29 is 0 Å². The van der Waals surface area contributed by atoms with E-state index >= 15 is 0 Å². The third-order valence-corrected chi connectivity index (χ3v) is 2.47. The van der Waals surface area contributed by atoms with E-state index in [0.29, 0.717) is 0 Å². The van der Waals surface area contributed by atoms with Gasteiger partial charge in [0.1, 0.15) is 12.2 Å². The van der Waals surface area contributed by atoms with Gasteiger partial charge in [-0.3, -0.25) is 9.58 Å². The predicted octanol–water partition coefficient (Wildman–Crippen LogP) is 0.246. The number of aryl methyl sites for hydroxylation is 1. The van der Waals surface area contributed by atoms with Crippen molar-refractivity contribution >= 4 is 0 Å². The molecular weight excluding hydrogens is 190 g/mol. The maximum Gasteiger partial charge on any atom is 0.140 e. The Morgan fingerprint density at radius 3 is 2.80 bits per heavy atom. The van der Waals surface area contributed by atoms with Gasteiger partial charge in [-0.05, 0) is 13.1 Å². The number of nitrogens with one attached hydrogen (secondary N) is 1. The summed E-state index contributed by atoms with van der Waals surface area (Å²) in [4.78, 5) is 6.58. The molecule has 0 aromatic carbocycles. The zero-order valence-corrected chi connectivity index (χ0v) is 9.90. The highest BCUT2D eigenvalue weighted by Gasteiger charge is 2.06. The number of rotatable bonds is 7. The predicted molar refractivity (Wildman–Crippen MR) is 60.5 cm³/mol. The van der Waals surface area contributed by atoms with Crippen LogP contribution in [0.2, 0.25) is 0 Å². The van der Waals surface area contributed by atoms with E-state index in [-0.39, 0.29) is 0 Å². The van der Waals surface area contributed by atoms with Gasteiger partial charge in [0.2, 0.25) is 0 Å². The summed E-state index contributed by atoms with van der Waals surface area (Å²) in [6.07, 6.45) is 1.60. The minimum Gasteiger partial charge on any atom is -0.316 e. The van der Waals surface area contributed by atoms with Crippen LogP contribution in [-0.4, -0.2) is 45.8 Å². The van der Waals surface area contributed by atoms with Crippen molar-refractivity contribution in [3.63, 3.8) is 0 Å². The molecule has 0 aliphatic heterocycles. The first-order valence-corrected chi connectivity index (χ1v) is 5.53. The maximum absolute atomic E-state index is 4.22. The molecule has 0 saturated carbocycles. The molecular formula is C10H21N5. The lowest BCUT2D eigenvalue weighted by molar-refractivity contribution is 0.269. The first-order chi connectivity index (χ1) is 7.27. The molecule has 0 saturated heterocycles. The molecule has 1 aromatic rings. The Morgan fingerprint density at radius 1 is 1.47 bits per heavy atom. The molecule has 0 unspecified atom stereocenters. The lowest BCUT2D eigenvalue weighted by Crippen LogP contribution is -2.32. The molecule has 0 aliphatic carbocycles. The summed E-state index contributed by atoms with van der Waals surface area (Å²) in [5.41, 5.74) is 0. The molecule has 1 aromatic heterocycles. The van der Waals surface area contributed by atoms with Gasteiger partial charge >= 0.3 is 0 Å². The first kappa shape index (κ1) is 12.1. The summed E-state index contributed by atoms with van der Waals surface area (Å²) in [5, 5.41) is 7.39. The summed E-state index contributed by atoms with van der Waals surface area (Å²) in [6, 6.07) is 0. The van der Waals surface area contributed by atoms with E-state index in [0.717, 1.165) is 38.5 Å². The minimum absolute atomic E-state index is 0.873. The topological polar surface area (TPSA) is 46.0 Å². The van der Waals surface area contributed by atoms with Crippen LogP contribution in [-0.2, 0) is 13.6 Å². The monoisotopic (exact) mass is 211 g/mol. The molecule has 0 fully saturated rings. The van der Waals surface area contributed by atoms with E-state index in [2.05, 4.69) is 34.1 Å². The van der Waals surface area contributed by atoms with Crippen LogP contribution < -0.4 is 5.32 Å². The van der Waals surface area contributed by atoms with E-state index < -0.39 is 0 Å². The van der Waals surface area contributed by atoms with Gasteiger partial charge in [-0.2, -0.15) is 5.10 Å². The molecule has 0 atom stereocenters. The van der Waals surface area contributed by atoms with Crippen molar-refractivity contribution in [2.24, 2.45) is 7.05 Å². The summed E-state index contributed by atoms with van der Waals surface area (Å²) in [7, 11) is 1.93. The third kappa shape index (κ3) is 3.97. The summed E-state index contributed by atoms with van der Waals surface area (Å²) in [6.45, 7) is 9.32. The normalized spacial score (nSPS) is 11.2. The third-order valence-electron chi connectivity index (χ3n) is 2.47. The van der Waals surface area contributed by atoms with E-state index in [1.165, 1.54) is 0 Å². The van der Waals surface area contributed by atoms with Gasteiger partial charge in [-0.1, -0.05) is 13.8 Å². The fourth-order valence-electron chi connectivity index (χ4n) is 1.43. The van der Waals surface area contributed by atoms with E-state index in [9.17, 15) is 0 Å². The Labute approximate surface area is 91.5 Å². The van der Waals surface area contributed by atoms with Crippen molar-refractivity contribution in [3.05, 3.63) is 12.2 Å². The van der Waals surface area contributed by atoms with Crippen LogP contribution in [0.15, 0.2) is 6.33 Å². The van der Waals surface area contributed by atoms with Gasteiger partial charge in [0.15, 0.2) is 0 Å². The SMILES string of the molecule is CCNCCN(CC)Cc1ncnn1C. The highest BCUT2D eigenvalue weighted by atomic mass is 15.3. The average molecular weight is 211 g/mol. The molecule has 1 N–H and O–H groups in total. The molecule has 1 heterocycles. The number of hydrogen-bond acceptors (Lipinski definition) is 4. The van der Waals surface area contributed by atoms with Crippen LogP contribution in [0.4, 0.5) is 0 Å². The molecule has 0 amide bonds. The lowest BCUT2D eigenvalue weighted by atomic mass is 10.4. The van der Waals surface area contributed by atoms with Gasteiger partial charge in [0.05, 0.1) is 6.54 Å². The van der Waals surface area contributed by atoms with Crippen LogP contribution >= 0.6 is 0 Å². The Balaban J connectivity index is 2.36. The summed E-state index contributed by atoms with van der Waals surface area (Å²) in [5.74, 6) is 1.02. The largest absolute Gasteiger partial charge is 0.316 e. The Hall–Kier alpha value is -0.940. The van der Waals surface area contributed by atoms with Crippen LogP contribution in [0.5, 0.6) is 0 Å². The molecule has 1 rings (SSSR count). The van der Waals surface area contributed by atoms with Crippen molar-refractivity contribution in [1.29, 1.82) is 0 Å². The average Bonchev–Trinajstić information content (AvgIpc) is 2.63. The maximum atomic E-state index is 4.22. The van der Waals surface area contributed by atoms with Gasteiger partial charge in [0, 0.05) is 20.1 Å². The highest BCUT2D eigenvalue weighted by molar-refractivity contribution is 4.83. The van der Waals surface area contributed by atoms with Crippen molar-refractivity contribution in [2.75, 3.05) is 26.2 Å². The fraction of sp³-hybridized carbons (Fsp3) is 0.800. The van der Waals surface area contributed by atoms with Gasteiger partial charge in [0.25, 0.3) is 0 Å². The van der Waals surface area contributed by atoms with Crippen LogP contribution in [0.1, 0.15) is 19.7 Å². The first-order valence-electron chi connectivity index (χ1n) is 5.53.